The highest BCUT2D eigenvalue weighted by molar-refractivity contribution is 7.81. The van der Waals surface area contributed by atoms with Crippen molar-refractivity contribution in [3.8, 4) is 5.75 Å². The highest BCUT2D eigenvalue weighted by Crippen LogP contribution is 2.27. The van der Waals surface area contributed by atoms with Crippen molar-refractivity contribution in [2.24, 2.45) is 0 Å². The van der Waals surface area contributed by atoms with Crippen LogP contribution in [-0.2, 0) is 16.1 Å². The summed E-state index contributed by atoms with van der Waals surface area (Å²) in [4.78, 5) is 17.2. The predicted octanol–water partition coefficient (Wildman–Crippen LogP) is 3.90. The van der Waals surface area contributed by atoms with E-state index in [1.165, 1.54) is 0 Å². The van der Waals surface area contributed by atoms with Crippen molar-refractivity contribution in [3.63, 3.8) is 0 Å². The molecule has 1 atom stereocenters. The van der Waals surface area contributed by atoms with Crippen molar-refractivity contribution in [3.05, 3.63) is 64.1 Å². The number of pyridine rings is 1. The lowest BCUT2D eigenvalue weighted by molar-refractivity contribution is -0.117. The number of carbonyl (C=O) groups excluding carboxylic acids is 1. The van der Waals surface area contributed by atoms with Crippen LogP contribution in [0.1, 0.15) is 30.4 Å². The monoisotopic (exact) mass is 486 g/mol. The van der Waals surface area contributed by atoms with E-state index in [2.05, 4.69) is 20.9 Å². The normalized spacial score (nSPS) is 17.8. The van der Waals surface area contributed by atoms with Gasteiger partial charge in [0.1, 0.15) is 10.7 Å². The molecule has 0 radical (unpaired) electrons. The molecular formula is C24H27ClN4O3S. The lowest BCUT2D eigenvalue weighted by atomic mass is 10.1. The Morgan fingerprint density at radius 1 is 1.39 bits per heavy atom. The first-order chi connectivity index (χ1) is 16.0. The molecular weight excluding hydrogens is 460 g/mol. The highest BCUT2D eigenvalue weighted by Gasteiger charge is 2.25. The SMILES string of the molecule is Cc1cccc(NC(=S)C2=C(NCc3ccncc3OCCC3CCO3)CCNC2=O)c1Cl. The first kappa shape index (κ1) is 23.5. The molecule has 1 aromatic heterocycles. The number of nitrogens with one attached hydrogen (secondary N) is 3. The number of halogens is 1. The predicted molar refractivity (Wildman–Crippen MR) is 133 cm³/mol. The molecule has 33 heavy (non-hydrogen) atoms. The fraction of sp³-hybridized carbons (Fsp3) is 0.375. The van der Waals surface area contributed by atoms with Gasteiger partial charge in [-0.05, 0) is 31.0 Å². The summed E-state index contributed by atoms with van der Waals surface area (Å²) in [5.74, 6) is 0.510. The molecule has 3 heterocycles. The summed E-state index contributed by atoms with van der Waals surface area (Å²) >= 11 is 12.0. The average molecular weight is 487 g/mol. The largest absolute Gasteiger partial charge is 0.492 e. The second kappa shape index (κ2) is 11.0. The number of thiocarbonyl (C=S) groups is 1. The number of hydrogen-bond acceptors (Lipinski definition) is 6. The Bertz CT molecular complexity index is 1070. The van der Waals surface area contributed by atoms with Crippen LogP contribution in [0.5, 0.6) is 5.75 Å². The molecule has 3 N–H and O–H groups in total. The van der Waals surface area contributed by atoms with Gasteiger partial charge >= 0.3 is 0 Å². The summed E-state index contributed by atoms with van der Waals surface area (Å²) in [5, 5.41) is 9.98. The zero-order valence-corrected chi connectivity index (χ0v) is 20.0. The molecule has 4 rings (SSSR count). The van der Waals surface area contributed by atoms with E-state index in [1.807, 2.05) is 31.2 Å². The lowest BCUT2D eigenvalue weighted by Crippen LogP contribution is -2.39. The van der Waals surface area contributed by atoms with Gasteiger partial charge < -0.3 is 25.4 Å². The summed E-state index contributed by atoms with van der Waals surface area (Å²) < 4.78 is 11.4. The molecule has 1 unspecified atom stereocenters. The smallest absolute Gasteiger partial charge is 0.256 e. The zero-order chi connectivity index (χ0) is 23.2. The van der Waals surface area contributed by atoms with E-state index >= 15 is 0 Å². The molecule has 2 aromatic rings. The molecule has 1 amide bonds. The van der Waals surface area contributed by atoms with Gasteiger partial charge in [0, 0.05) is 50.0 Å². The minimum Gasteiger partial charge on any atom is -0.492 e. The second-order valence-electron chi connectivity index (χ2n) is 8.01. The minimum atomic E-state index is -0.211. The fourth-order valence-corrected chi connectivity index (χ4v) is 4.20. The van der Waals surface area contributed by atoms with Crippen LogP contribution in [0.4, 0.5) is 5.69 Å². The van der Waals surface area contributed by atoms with E-state index in [9.17, 15) is 4.79 Å². The van der Waals surface area contributed by atoms with Gasteiger partial charge in [-0.25, -0.2) is 0 Å². The number of carbonyl (C=O) groups is 1. The van der Waals surface area contributed by atoms with Gasteiger partial charge in [-0.3, -0.25) is 9.78 Å². The third-order valence-corrected chi connectivity index (χ3v) is 6.52. The van der Waals surface area contributed by atoms with Crippen LogP contribution in [-0.4, -0.2) is 41.7 Å². The van der Waals surface area contributed by atoms with Gasteiger partial charge in [-0.15, -0.1) is 0 Å². The first-order valence-electron chi connectivity index (χ1n) is 11.0. The molecule has 0 bridgehead atoms. The molecule has 9 heteroatoms. The topological polar surface area (TPSA) is 84.5 Å². The Balaban J connectivity index is 1.46. The number of ether oxygens (including phenoxy) is 2. The van der Waals surface area contributed by atoms with E-state index in [0.717, 1.165) is 42.0 Å². The molecule has 2 aliphatic rings. The van der Waals surface area contributed by atoms with Gasteiger partial charge in [-0.1, -0.05) is 36.0 Å². The Hall–Kier alpha value is -2.68. The van der Waals surface area contributed by atoms with E-state index in [4.69, 9.17) is 33.3 Å². The lowest BCUT2D eigenvalue weighted by Gasteiger charge is -2.26. The van der Waals surface area contributed by atoms with Crippen LogP contribution >= 0.6 is 23.8 Å². The average Bonchev–Trinajstić information content (AvgIpc) is 2.77. The zero-order valence-electron chi connectivity index (χ0n) is 18.4. The Morgan fingerprint density at radius 3 is 3.03 bits per heavy atom. The summed E-state index contributed by atoms with van der Waals surface area (Å²) in [6.07, 6.45) is 6.34. The third kappa shape index (κ3) is 5.82. The van der Waals surface area contributed by atoms with Crippen LogP contribution in [0.15, 0.2) is 47.9 Å². The van der Waals surface area contributed by atoms with E-state index < -0.39 is 0 Å². The first-order valence-corrected chi connectivity index (χ1v) is 11.8. The molecule has 174 valence electrons. The van der Waals surface area contributed by atoms with Gasteiger partial charge in [0.15, 0.2) is 0 Å². The molecule has 0 saturated carbocycles. The molecule has 2 aliphatic heterocycles. The van der Waals surface area contributed by atoms with Gasteiger partial charge in [-0.2, -0.15) is 0 Å². The summed E-state index contributed by atoms with van der Waals surface area (Å²) in [7, 11) is 0. The number of rotatable bonds is 9. The van der Waals surface area contributed by atoms with Crippen molar-refractivity contribution in [2.75, 3.05) is 25.1 Å². The van der Waals surface area contributed by atoms with Crippen molar-refractivity contribution >= 4 is 40.4 Å². The number of amides is 1. The summed E-state index contributed by atoms with van der Waals surface area (Å²) in [6, 6.07) is 7.56. The summed E-state index contributed by atoms with van der Waals surface area (Å²) in [5.41, 5.74) is 3.77. The van der Waals surface area contributed by atoms with Crippen LogP contribution in [0.3, 0.4) is 0 Å². The maximum absolute atomic E-state index is 12.7. The number of nitrogens with zero attached hydrogens (tertiary/aromatic N) is 1. The van der Waals surface area contributed by atoms with Gasteiger partial charge in [0.05, 0.1) is 35.2 Å². The molecule has 0 spiro atoms. The number of hydrogen-bond donors (Lipinski definition) is 3. The van der Waals surface area contributed by atoms with Crippen LogP contribution in [0, 0.1) is 6.92 Å². The molecule has 1 saturated heterocycles. The van der Waals surface area contributed by atoms with Crippen molar-refractivity contribution in [1.29, 1.82) is 0 Å². The quantitative estimate of drug-likeness (QED) is 0.463. The maximum atomic E-state index is 12.7. The standard InChI is InChI=1S/C24H27ClN4O3S/c1-15-3-2-4-19(22(15)25)29-24(33)21-18(6-10-27-23(21)30)28-13-16-5-9-26-14-20(16)32-12-8-17-7-11-31-17/h2-5,9,14,17,28H,6-8,10-13H2,1H3,(H,27,30)(H,29,33). The maximum Gasteiger partial charge on any atom is 0.256 e. The van der Waals surface area contributed by atoms with Gasteiger partial charge in [0.2, 0.25) is 0 Å². The number of benzene rings is 1. The summed E-state index contributed by atoms with van der Waals surface area (Å²) in [6.45, 7) is 4.36. The van der Waals surface area contributed by atoms with Crippen molar-refractivity contribution in [1.82, 2.24) is 15.6 Å². The Labute approximate surface area is 203 Å². The molecule has 1 aromatic carbocycles. The van der Waals surface area contributed by atoms with Crippen LogP contribution < -0.4 is 20.7 Å². The third-order valence-electron chi connectivity index (χ3n) is 5.71. The Morgan fingerprint density at radius 2 is 2.24 bits per heavy atom. The molecule has 1 fully saturated rings. The molecule has 0 aliphatic carbocycles. The van der Waals surface area contributed by atoms with E-state index in [1.54, 1.807) is 12.4 Å². The van der Waals surface area contributed by atoms with Crippen LogP contribution in [0.2, 0.25) is 5.02 Å². The highest BCUT2D eigenvalue weighted by atomic mass is 35.5. The number of aryl methyl sites for hydroxylation is 1. The molecule has 7 nitrogen and oxygen atoms in total. The second-order valence-corrected chi connectivity index (χ2v) is 8.79. The van der Waals surface area contributed by atoms with Crippen molar-refractivity contribution in [2.45, 2.75) is 38.8 Å². The van der Waals surface area contributed by atoms with Crippen molar-refractivity contribution < 1.29 is 14.3 Å². The van der Waals surface area contributed by atoms with E-state index in [-0.39, 0.29) is 5.91 Å². The minimum absolute atomic E-state index is 0.211. The Kier molecular flexibility index (Phi) is 7.80. The van der Waals surface area contributed by atoms with E-state index in [0.29, 0.717) is 53.5 Å². The number of anilines is 1. The number of aromatic nitrogens is 1. The van der Waals surface area contributed by atoms with Gasteiger partial charge in [0.25, 0.3) is 5.91 Å². The fourth-order valence-electron chi connectivity index (χ4n) is 3.70. The van der Waals surface area contributed by atoms with Crippen LogP contribution in [0.25, 0.3) is 0 Å².